The minimum Gasteiger partial charge on any atom is -0.487 e. The van der Waals surface area contributed by atoms with E-state index in [4.69, 9.17) is 9.84 Å². The number of aryl methyl sites for hydroxylation is 1. The number of carbonyl (C=O) groups is 1. The van der Waals surface area contributed by atoms with E-state index >= 15 is 0 Å². The molecule has 4 rings (SSSR count). The summed E-state index contributed by atoms with van der Waals surface area (Å²) in [4.78, 5) is 17.7. The fourth-order valence-electron chi connectivity index (χ4n) is 5.16. The van der Waals surface area contributed by atoms with Crippen molar-refractivity contribution in [3.63, 3.8) is 0 Å². The summed E-state index contributed by atoms with van der Waals surface area (Å²) in [6.07, 6.45) is -0.905. The maximum absolute atomic E-state index is 13.2. The Labute approximate surface area is 230 Å². The third kappa shape index (κ3) is 6.66. The summed E-state index contributed by atoms with van der Waals surface area (Å²) in [6, 6.07) is 18.3. The number of likely N-dealkylation sites (N-methyl/N-ethyl adjacent to an activating group) is 1. The Kier molecular flexibility index (Phi) is 8.44. The lowest BCUT2D eigenvalue weighted by atomic mass is 9.75. The van der Waals surface area contributed by atoms with Crippen LogP contribution in [0.25, 0.3) is 0 Å². The van der Waals surface area contributed by atoms with Gasteiger partial charge in [-0.2, -0.15) is 0 Å². The molecular formula is C30H36N2O6S. The van der Waals surface area contributed by atoms with E-state index in [2.05, 4.69) is 4.98 Å². The molecule has 1 aliphatic heterocycles. The third-order valence-corrected chi connectivity index (χ3v) is 9.36. The first kappa shape index (κ1) is 28.7. The Morgan fingerprint density at radius 1 is 1.10 bits per heavy atom. The van der Waals surface area contributed by atoms with Gasteiger partial charge in [0.05, 0.1) is 34.7 Å². The number of aromatic nitrogens is 1. The Hall–Kier alpha value is -3.27. The molecule has 2 aromatic carbocycles. The molecule has 0 saturated carbocycles. The van der Waals surface area contributed by atoms with Gasteiger partial charge < -0.3 is 14.9 Å². The fourth-order valence-corrected chi connectivity index (χ4v) is 7.28. The smallest absolute Gasteiger partial charge is 0.317 e. The molecule has 0 unspecified atom stereocenters. The number of nitrogens with zero attached hydrogens (tertiary/aromatic N) is 2. The lowest BCUT2D eigenvalue weighted by molar-refractivity contribution is -0.138. The number of ether oxygens (including phenoxy) is 1. The molecule has 2 heterocycles. The largest absolute Gasteiger partial charge is 0.487 e. The zero-order valence-corrected chi connectivity index (χ0v) is 23.6. The lowest BCUT2D eigenvalue weighted by Gasteiger charge is -2.33. The van der Waals surface area contributed by atoms with Gasteiger partial charge >= 0.3 is 5.97 Å². The summed E-state index contributed by atoms with van der Waals surface area (Å²) < 4.78 is 32.4. The Balaban J connectivity index is 1.54. The van der Waals surface area contributed by atoms with Crippen molar-refractivity contribution < 1.29 is 28.2 Å². The zero-order chi connectivity index (χ0) is 28.4. The number of carboxylic acids is 1. The summed E-state index contributed by atoms with van der Waals surface area (Å²) >= 11 is 0. The molecule has 0 radical (unpaired) electrons. The number of aliphatic hydroxyl groups is 1. The van der Waals surface area contributed by atoms with Crippen LogP contribution >= 0.6 is 0 Å². The van der Waals surface area contributed by atoms with Gasteiger partial charge in [-0.1, -0.05) is 56.7 Å². The van der Waals surface area contributed by atoms with Gasteiger partial charge in [-0.05, 0) is 54.9 Å². The van der Waals surface area contributed by atoms with Gasteiger partial charge in [-0.15, -0.1) is 0 Å². The van der Waals surface area contributed by atoms with Crippen molar-refractivity contribution >= 4 is 15.8 Å². The molecular weight excluding hydrogens is 516 g/mol. The van der Waals surface area contributed by atoms with Crippen LogP contribution in [0.4, 0.5) is 0 Å². The van der Waals surface area contributed by atoms with Crippen molar-refractivity contribution in [1.29, 1.82) is 0 Å². The van der Waals surface area contributed by atoms with Crippen LogP contribution in [-0.4, -0.2) is 59.4 Å². The van der Waals surface area contributed by atoms with Gasteiger partial charge in [0.2, 0.25) is 0 Å². The zero-order valence-electron chi connectivity index (χ0n) is 22.8. The summed E-state index contributed by atoms with van der Waals surface area (Å²) in [5, 5.41) is 20.5. The summed E-state index contributed by atoms with van der Waals surface area (Å²) in [5.74, 6) is -0.897. The molecule has 2 N–H and O–H groups in total. The van der Waals surface area contributed by atoms with Crippen LogP contribution in [0, 0.1) is 12.3 Å². The molecule has 0 bridgehead atoms. The second kappa shape index (κ2) is 11.5. The number of aliphatic hydroxyl groups excluding tert-OH is 1. The van der Waals surface area contributed by atoms with E-state index in [-0.39, 0.29) is 23.8 Å². The Bertz CT molecular complexity index is 1440. The first-order valence-electron chi connectivity index (χ1n) is 13.0. The van der Waals surface area contributed by atoms with Crippen LogP contribution in [0.5, 0.6) is 5.75 Å². The quantitative estimate of drug-likeness (QED) is 0.406. The maximum Gasteiger partial charge on any atom is 0.317 e. The molecule has 0 saturated heterocycles. The fraction of sp³-hybridized carbons (Fsp3) is 0.400. The highest BCUT2D eigenvalue weighted by molar-refractivity contribution is 7.91. The first-order valence-corrected chi connectivity index (χ1v) is 14.7. The number of fused-ring (bicyclic) bond motifs is 1. The van der Waals surface area contributed by atoms with Gasteiger partial charge in [0, 0.05) is 17.9 Å². The van der Waals surface area contributed by atoms with Gasteiger partial charge in [0.1, 0.15) is 12.4 Å². The Morgan fingerprint density at radius 2 is 1.79 bits per heavy atom. The maximum atomic E-state index is 13.2. The summed E-state index contributed by atoms with van der Waals surface area (Å²) in [7, 11) is -3.57. The van der Waals surface area contributed by atoms with Crippen molar-refractivity contribution in [1.82, 2.24) is 9.88 Å². The normalized spacial score (nSPS) is 19.7. The number of pyridine rings is 1. The first-order chi connectivity index (χ1) is 18.4. The predicted octanol–water partition coefficient (Wildman–Crippen LogP) is 4.18. The molecule has 3 aromatic rings. The molecule has 39 heavy (non-hydrogen) atoms. The SMILES string of the molecule is CCN(CC(=O)O)Cc1cccc(COc2ccc([C@@H]3c4cc(C)ccc4S(=O)(=O)CC(C)(C)[C@@H]3O)cc2)n1. The highest BCUT2D eigenvalue weighted by Gasteiger charge is 2.44. The van der Waals surface area contributed by atoms with E-state index in [0.29, 0.717) is 24.4 Å². The van der Waals surface area contributed by atoms with Crippen LogP contribution < -0.4 is 4.74 Å². The lowest BCUT2D eigenvalue weighted by Crippen LogP contribution is -2.38. The average molecular weight is 553 g/mol. The van der Waals surface area contributed by atoms with Crippen molar-refractivity contribution in [2.45, 2.75) is 57.8 Å². The van der Waals surface area contributed by atoms with Crippen LogP contribution in [0.15, 0.2) is 65.6 Å². The number of aliphatic carboxylic acids is 1. The van der Waals surface area contributed by atoms with Crippen LogP contribution in [0.3, 0.4) is 0 Å². The Morgan fingerprint density at radius 3 is 2.46 bits per heavy atom. The van der Waals surface area contributed by atoms with Gasteiger partial charge in [-0.25, -0.2) is 8.42 Å². The topological polar surface area (TPSA) is 117 Å². The molecule has 0 fully saturated rings. The summed E-state index contributed by atoms with van der Waals surface area (Å²) in [6.45, 7) is 8.63. The molecule has 0 aliphatic carbocycles. The number of rotatable bonds is 9. The number of hydrogen-bond acceptors (Lipinski definition) is 7. The number of sulfone groups is 1. The van der Waals surface area contributed by atoms with E-state index in [1.54, 1.807) is 30.9 Å². The van der Waals surface area contributed by atoms with Gasteiger partial charge in [0.15, 0.2) is 9.84 Å². The second-order valence-corrected chi connectivity index (χ2v) is 12.8. The molecule has 0 amide bonds. The molecule has 2 atom stereocenters. The second-order valence-electron chi connectivity index (χ2n) is 10.9. The van der Waals surface area contributed by atoms with Crippen molar-refractivity contribution in [2.75, 3.05) is 18.8 Å². The highest BCUT2D eigenvalue weighted by atomic mass is 32.2. The van der Waals surface area contributed by atoms with Crippen molar-refractivity contribution in [3.8, 4) is 5.75 Å². The van der Waals surface area contributed by atoms with Gasteiger partial charge in [-0.3, -0.25) is 14.7 Å². The van der Waals surface area contributed by atoms with Crippen molar-refractivity contribution in [3.05, 3.63) is 88.7 Å². The minimum atomic E-state index is -3.57. The highest BCUT2D eigenvalue weighted by Crippen LogP contribution is 2.45. The van der Waals surface area contributed by atoms with E-state index in [1.807, 2.05) is 62.4 Å². The number of hydrogen-bond donors (Lipinski definition) is 2. The van der Waals surface area contributed by atoms with Crippen LogP contribution in [0.1, 0.15) is 54.8 Å². The molecule has 0 spiro atoms. The minimum absolute atomic E-state index is 0.0475. The third-order valence-electron chi connectivity index (χ3n) is 7.20. The van der Waals surface area contributed by atoms with E-state index in [9.17, 15) is 18.3 Å². The molecule has 1 aliphatic rings. The van der Waals surface area contributed by atoms with E-state index in [1.165, 1.54) is 0 Å². The van der Waals surface area contributed by atoms with Crippen molar-refractivity contribution in [2.24, 2.45) is 5.41 Å². The van der Waals surface area contributed by atoms with Crippen LogP contribution in [-0.2, 0) is 27.8 Å². The van der Waals surface area contributed by atoms with E-state index in [0.717, 1.165) is 22.5 Å². The average Bonchev–Trinajstić information content (AvgIpc) is 2.92. The molecule has 208 valence electrons. The predicted molar refractivity (Wildman–Crippen MR) is 148 cm³/mol. The number of carboxylic acid groups (broad SMARTS) is 1. The van der Waals surface area contributed by atoms with Crippen LogP contribution in [0.2, 0.25) is 0 Å². The number of benzene rings is 2. The molecule has 9 heteroatoms. The molecule has 8 nitrogen and oxygen atoms in total. The standard InChI is InChI=1S/C30H36N2O6S/c1-5-32(17-27(33)34)16-22-7-6-8-23(31-22)18-38-24-12-10-21(11-13-24)28-25-15-20(2)9-14-26(25)39(36,37)19-30(3,4)29(28)35/h6-15,28-29,35H,5,16-19H2,1-4H3,(H,33,34)/t28-,29-/m1/s1. The van der Waals surface area contributed by atoms with Gasteiger partial charge in [0.25, 0.3) is 0 Å². The van der Waals surface area contributed by atoms with E-state index < -0.39 is 33.2 Å². The molecule has 1 aromatic heterocycles. The monoisotopic (exact) mass is 552 g/mol. The summed E-state index contributed by atoms with van der Waals surface area (Å²) in [5.41, 5.74) is 3.00.